The summed E-state index contributed by atoms with van der Waals surface area (Å²) in [6.45, 7) is 0.618. The molecule has 0 fully saturated rings. The van der Waals surface area contributed by atoms with Crippen molar-refractivity contribution in [2.45, 2.75) is 38.5 Å². The highest BCUT2D eigenvalue weighted by Gasteiger charge is 2.19. The molecule has 4 nitrogen and oxygen atoms in total. The zero-order valence-electron chi connectivity index (χ0n) is 10.0. The zero-order valence-corrected chi connectivity index (χ0v) is 10.0. The van der Waals surface area contributed by atoms with E-state index in [1.807, 2.05) is 0 Å². The zero-order chi connectivity index (χ0) is 12.2. The molecule has 98 valence electrons. The largest absolute Gasteiger partial charge is 0.396 e. The van der Waals surface area contributed by atoms with Gasteiger partial charge in [0.2, 0.25) is 0 Å². The number of aliphatic hydroxyl groups is 4. The standard InChI is InChI=1S/C12H26O4/c13-7-2-1-3-11(4-8-14)12(5-9-15)6-10-16/h11-16H,1-10H2. The van der Waals surface area contributed by atoms with Crippen LogP contribution < -0.4 is 0 Å². The second kappa shape index (κ2) is 11.3. The Hall–Kier alpha value is -0.160. The van der Waals surface area contributed by atoms with Crippen molar-refractivity contribution in [2.75, 3.05) is 26.4 Å². The van der Waals surface area contributed by atoms with Gasteiger partial charge in [0, 0.05) is 26.4 Å². The van der Waals surface area contributed by atoms with Crippen LogP contribution in [-0.4, -0.2) is 46.9 Å². The molecular weight excluding hydrogens is 208 g/mol. The normalized spacial score (nSPS) is 13.3. The second-order valence-corrected chi connectivity index (χ2v) is 4.28. The summed E-state index contributed by atoms with van der Waals surface area (Å²) in [5, 5.41) is 35.7. The maximum absolute atomic E-state index is 9.00. The maximum atomic E-state index is 9.00. The molecule has 0 aromatic heterocycles. The lowest BCUT2D eigenvalue weighted by Gasteiger charge is -2.25. The summed E-state index contributed by atoms with van der Waals surface area (Å²) in [7, 11) is 0. The van der Waals surface area contributed by atoms with Crippen LogP contribution in [0.15, 0.2) is 0 Å². The molecule has 0 rings (SSSR count). The average molecular weight is 234 g/mol. The predicted molar refractivity (Wildman–Crippen MR) is 63.0 cm³/mol. The van der Waals surface area contributed by atoms with Crippen molar-refractivity contribution in [1.82, 2.24) is 0 Å². The molecule has 0 amide bonds. The molecule has 0 bridgehead atoms. The van der Waals surface area contributed by atoms with Crippen LogP contribution in [-0.2, 0) is 0 Å². The Kier molecular flexibility index (Phi) is 11.2. The molecule has 0 radical (unpaired) electrons. The van der Waals surface area contributed by atoms with Crippen molar-refractivity contribution < 1.29 is 20.4 Å². The van der Waals surface area contributed by atoms with Crippen molar-refractivity contribution >= 4 is 0 Å². The summed E-state index contributed by atoms with van der Waals surface area (Å²) in [6.07, 6.45) is 4.76. The minimum absolute atomic E-state index is 0.132. The summed E-state index contributed by atoms with van der Waals surface area (Å²) in [5.41, 5.74) is 0. The summed E-state index contributed by atoms with van der Waals surface area (Å²) >= 11 is 0. The van der Waals surface area contributed by atoms with Gasteiger partial charge in [-0.1, -0.05) is 12.8 Å². The van der Waals surface area contributed by atoms with Crippen LogP contribution in [0.4, 0.5) is 0 Å². The van der Waals surface area contributed by atoms with E-state index in [-0.39, 0.29) is 32.3 Å². The number of aliphatic hydroxyl groups excluding tert-OH is 4. The predicted octanol–water partition coefficient (Wildman–Crippen LogP) is 0.529. The first-order chi connectivity index (χ1) is 7.79. The third-order valence-electron chi connectivity index (χ3n) is 3.15. The highest BCUT2D eigenvalue weighted by molar-refractivity contribution is 4.70. The lowest BCUT2D eigenvalue weighted by molar-refractivity contribution is 0.142. The van der Waals surface area contributed by atoms with Gasteiger partial charge in [0.25, 0.3) is 0 Å². The topological polar surface area (TPSA) is 80.9 Å². The van der Waals surface area contributed by atoms with Crippen LogP contribution in [0, 0.1) is 11.8 Å². The lowest BCUT2D eigenvalue weighted by Crippen LogP contribution is -2.19. The van der Waals surface area contributed by atoms with E-state index in [1.165, 1.54) is 0 Å². The molecule has 0 heterocycles. The van der Waals surface area contributed by atoms with Crippen LogP contribution in [0.1, 0.15) is 38.5 Å². The number of hydrogen-bond acceptors (Lipinski definition) is 4. The highest BCUT2D eigenvalue weighted by atomic mass is 16.3. The Balaban J connectivity index is 4.08. The van der Waals surface area contributed by atoms with E-state index >= 15 is 0 Å². The molecule has 0 saturated carbocycles. The van der Waals surface area contributed by atoms with Crippen LogP contribution >= 0.6 is 0 Å². The van der Waals surface area contributed by atoms with E-state index in [0.29, 0.717) is 18.8 Å². The van der Waals surface area contributed by atoms with Crippen LogP contribution in [0.25, 0.3) is 0 Å². The smallest absolute Gasteiger partial charge is 0.0433 e. The van der Waals surface area contributed by atoms with E-state index in [0.717, 1.165) is 25.7 Å². The molecule has 0 aliphatic carbocycles. The number of unbranched alkanes of at least 4 members (excludes halogenated alkanes) is 1. The molecule has 0 aromatic carbocycles. The Morgan fingerprint density at radius 1 is 0.500 bits per heavy atom. The van der Waals surface area contributed by atoms with Gasteiger partial charge in [-0.3, -0.25) is 0 Å². The Labute approximate surface area is 97.9 Å². The Bertz CT molecular complexity index is 135. The van der Waals surface area contributed by atoms with E-state index in [9.17, 15) is 0 Å². The molecular formula is C12H26O4. The first-order valence-electron chi connectivity index (χ1n) is 6.23. The molecule has 0 saturated heterocycles. The van der Waals surface area contributed by atoms with Gasteiger partial charge in [0.15, 0.2) is 0 Å². The van der Waals surface area contributed by atoms with Gasteiger partial charge in [-0.2, -0.15) is 0 Å². The molecule has 16 heavy (non-hydrogen) atoms. The van der Waals surface area contributed by atoms with Crippen molar-refractivity contribution in [2.24, 2.45) is 11.8 Å². The summed E-state index contributed by atoms with van der Waals surface area (Å²) in [4.78, 5) is 0. The molecule has 0 aliphatic rings. The van der Waals surface area contributed by atoms with Gasteiger partial charge in [0.05, 0.1) is 0 Å². The minimum Gasteiger partial charge on any atom is -0.396 e. The fourth-order valence-electron chi connectivity index (χ4n) is 2.25. The Morgan fingerprint density at radius 3 is 1.31 bits per heavy atom. The molecule has 4 heteroatoms. The summed E-state index contributed by atoms with van der Waals surface area (Å²) in [6, 6.07) is 0. The van der Waals surface area contributed by atoms with E-state index in [4.69, 9.17) is 20.4 Å². The first-order valence-corrected chi connectivity index (χ1v) is 6.23. The lowest BCUT2D eigenvalue weighted by atomic mass is 9.82. The van der Waals surface area contributed by atoms with Crippen LogP contribution in [0.3, 0.4) is 0 Å². The second-order valence-electron chi connectivity index (χ2n) is 4.28. The van der Waals surface area contributed by atoms with Gasteiger partial charge >= 0.3 is 0 Å². The summed E-state index contributed by atoms with van der Waals surface area (Å²) in [5.74, 6) is 0.622. The fourth-order valence-corrected chi connectivity index (χ4v) is 2.25. The third-order valence-corrected chi connectivity index (χ3v) is 3.15. The Morgan fingerprint density at radius 2 is 0.938 bits per heavy atom. The van der Waals surface area contributed by atoms with Crippen molar-refractivity contribution in [1.29, 1.82) is 0 Å². The molecule has 4 N–H and O–H groups in total. The molecule has 0 aromatic rings. The van der Waals surface area contributed by atoms with Gasteiger partial charge < -0.3 is 20.4 Å². The van der Waals surface area contributed by atoms with Gasteiger partial charge in [-0.15, -0.1) is 0 Å². The summed E-state index contributed by atoms with van der Waals surface area (Å²) < 4.78 is 0. The van der Waals surface area contributed by atoms with Gasteiger partial charge in [-0.05, 0) is 37.5 Å². The quantitative estimate of drug-likeness (QED) is 0.393. The molecule has 1 unspecified atom stereocenters. The van der Waals surface area contributed by atoms with E-state index in [2.05, 4.69) is 0 Å². The van der Waals surface area contributed by atoms with E-state index < -0.39 is 0 Å². The van der Waals surface area contributed by atoms with Gasteiger partial charge in [-0.25, -0.2) is 0 Å². The fraction of sp³-hybridized carbons (Fsp3) is 1.00. The van der Waals surface area contributed by atoms with Gasteiger partial charge in [0.1, 0.15) is 0 Å². The van der Waals surface area contributed by atoms with Crippen LogP contribution in [0.5, 0.6) is 0 Å². The molecule has 1 atom stereocenters. The number of hydrogen-bond donors (Lipinski definition) is 4. The average Bonchev–Trinajstić information content (AvgIpc) is 2.28. The molecule has 0 spiro atoms. The number of rotatable bonds is 11. The van der Waals surface area contributed by atoms with Crippen molar-refractivity contribution in [3.8, 4) is 0 Å². The maximum Gasteiger partial charge on any atom is 0.0433 e. The SMILES string of the molecule is OCCCCC(CCO)C(CCO)CCO. The highest BCUT2D eigenvalue weighted by Crippen LogP contribution is 2.27. The van der Waals surface area contributed by atoms with E-state index in [1.54, 1.807) is 0 Å². The monoisotopic (exact) mass is 234 g/mol. The minimum atomic E-state index is 0.132. The third kappa shape index (κ3) is 7.17. The first kappa shape index (κ1) is 15.8. The van der Waals surface area contributed by atoms with Crippen molar-refractivity contribution in [3.63, 3.8) is 0 Å². The van der Waals surface area contributed by atoms with Crippen LogP contribution in [0.2, 0.25) is 0 Å². The van der Waals surface area contributed by atoms with Crippen molar-refractivity contribution in [3.05, 3.63) is 0 Å². The molecule has 0 aliphatic heterocycles.